The van der Waals surface area contributed by atoms with Crippen LogP contribution < -0.4 is 5.32 Å². The van der Waals surface area contributed by atoms with Crippen molar-refractivity contribution in [3.05, 3.63) is 29.8 Å². The summed E-state index contributed by atoms with van der Waals surface area (Å²) < 4.78 is 25.9. The first-order valence-electron chi connectivity index (χ1n) is 7.41. The predicted octanol–water partition coefficient (Wildman–Crippen LogP) is 3.27. The molecule has 1 saturated heterocycles. The number of piperidine rings is 1. The van der Waals surface area contributed by atoms with Gasteiger partial charge in [-0.2, -0.15) is 0 Å². The second-order valence-electron chi connectivity index (χ2n) is 6.13. The summed E-state index contributed by atoms with van der Waals surface area (Å²) >= 11 is 0. The summed E-state index contributed by atoms with van der Waals surface area (Å²) in [6, 6.07) is 3.37. The first kappa shape index (κ1) is 15.9. The highest BCUT2D eigenvalue weighted by molar-refractivity contribution is 5.90. The van der Waals surface area contributed by atoms with E-state index in [-0.39, 0.29) is 5.91 Å². The van der Waals surface area contributed by atoms with Crippen LogP contribution in [0, 0.1) is 23.5 Å². The number of hydrogen-bond acceptors (Lipinski definition) is 2. The summed E-state index contributed by atoms with van der Waals surface area (Å²) in [4.78, 5) is 14.2. The molecule has 0 spiro atoms. The number of likely N-dealkylation sites (tertiary alicyclic amines) is 1. The molecule has 1 aliphatic heterocycles. The van der Waals surface area contributed by atoms with Crippen molar-refractivity contribution in [1.82, 2.24) is 4.90 Å². The minimum Gasteiger partial charge on any atom is -0.326 e. The van der Waals surface area contributed by atoms with E-state index in [0.29, 0.717) is 30.5 Å². The van der Waals surface area contributed by atoms with E-state index in [9.17, 15) is 13.6 Å². The van der Waals surface area contributed by atoms with Crippen LogP contribution >= 0.6 is 0 Å². The van der Waals surface area contributed by atoms with Crippen molar-refractivity contribution in [2.24, 2.45) is 11.8 Å². The number of nitrogens with zero attached hydrogens (tertiary/aromatic N) is 1. The first-order chi connectivity index (χ1) is 9.94. The maximum atomic E-state index is 13.1. The molecule has 0 aliphatic carbocycles. The fraction of sp³-hybridized carbons (Fsp3) is 0.562. The molecule has 0 saturated carbocycles. The standard InChI is InChI=1S/C16H22F2N2O/c1-11-7-12(2)10-20(9-11)6-5-16(21)19-13-3-4-14(17)15(18)8-13/h3-4,8,11-12H,5-7,9-10H2,1-2H3,(H,19,21)/t11-,12+. The Labute approximate surface area is 124 Å². The van der Waals surface area contributed by atoms with E-state index < -0.39 is 11.6 Å². The van der Waals surface area contributed by atoms with Crippen molar-refractivity contribution in [3.63, 3.8) is 0 Å². The smallest absolute Gasteiger partial charge is 0.225 e. The number of rotatable bonds is 4. The number of carbonyl (C=O) groups is 1. The van der Waals surface area contributed by atoms with E-state index in [1.165, 1.54) is 12.5 Å². The van der Waals surface area contributed by atoms with Crippen LogP contribution in [0.4, 0.5) is 14.5 Å². The molecule has 0 aromatic heterocycles. The van der Waals surface area contributed by atoms with Crippen LogP contribution in [-0.4, -0.2) is 30.4 Å². The minimum absolute atomic E-state index is 0.174. The van der Waals surface area contributed by atoms with Gasteiger partial charge in [-0.15, -0.1) is 0 Å². The van der Waals surface area contributed by atoms with Crippen LogP contribution in [0.15, 0.2) is 18.2 Å². The fourth-order valence-corrected chi connectivity index (χ4v) is 3.03. The molecule has 116 valence electrons. The summed E-state index contributed by atoms with van der Waals surface area (Å²) in [5.74, 6) is -0.728. The monoisotopic (exact) mass is 296 g/mol. The largest absolute Gasteiger partial charge is 0.326 e. The zero-order valence-corrected chi connectivity index (χ0v) is 12.5. The van der Waals surface area contributed by atoms with Gasteiger partial charge in [0.2, 0.25) is 5.91 Å². The van der Waals surface area contributed by atoms with Gasteiger partial charge in [0.25, 0.3) is 0 Å². The normalized spacial score (nSPS) is 23.0. The number of anilines is 1. The number of carbonyl (C=O) groups excluding carboxylic acids is 1. The van der Waals surface area contributed by atoms with Gasteiger partial charge in [-0.25, -0.2) is 8.78 Å². The average Bonchev–Trinajstić information content (AvgIpc) is 2.40. The third-order valence-electron chi connectivity index (χ3n) is 3.80. The Bertz CT molecular complexity index is 497. The Hall–Kier alpha value is -1.49. The van der Waals surface area contributed by atoms with Gasteiger partial charge in [0.05, 0.1) is 0 Å². The molecule has 1 aromatic carbocycles. The molecule has 21 heavy (non-hydrogen) atoms. The van der Waals surface area contributed by atoms with Gasteiger partial charge in [-0.1, -0.05) is 13.8 Å². The first-order valence-corrected chi connectivity index (χ1v) is 7.41. The van der Waals surface area contributed by atoms with Crippen molar-refractivity contribution < 1.29 is 13.6 Å². The van der Waals surface area contributed by atoms with Crippen LogP contribution in [0.3, 0.4) is 0 Å². The van der Waals surface area contributed by atoms with Gasteiger partial charge in [-0.3, -0.25) is 4.79 Å². The van der Waals surface area contributed by atoms with Gasteiger partial charge < -0.3 is 10.2 Å². The third kappa shape index (κ3) is 4.77. The SMILES string of the molecule is C[C@@H]1C[C@H](C)CN(CCC(=O)Nc2ccc(F)c(F)c2)C1. The number of amides is 1. The molecular formula is C16H22F2N2O. The van der Waals surface area contributed by atoms with Crippen LogP contribution in [0.1, 0.15) is 26.7 Å². The summed E-state index contributed by atoms with van der Waals surface area (Å²) in [6.45, 7) is 7.18. The third-order valence-corrected chi connectivity index (χ3v) is 3.80. The lowest BCUT2D eigenvalue weighted by Gasteiger charge is -2.34. The van der Waals surface area contributed by atoms with E-state index in [2.05, 4.69) is 24.1 Å². The van der Waals surface area contributed by atoms with Gasteiger partial charge in [0.15, 0.2) is 11.6 Å². The lowest BCUT2D eigenvalue weighted by atomic mass is 9.92. The highest BCUT2D eigenvalue weighted by Gasteiger charge is 2.21. The Balaban J connectivity index is 1.80. The van der Waals surface area contributed by atoms with Crippen molar-refractivity contribution >= 4 is 11.6 Å². The molecule has 5 heteroatoms. The molecule has 1 amide bonds. The van der Waals surface area contributed by atoms with E-state index in [0.717, 1.165) is 25.2 Å². The molecule has 0 bridgehead atoms. The second-order valence-corrected chi connectivity index (χ2v) is 6.13. The Morgan fingerprint density at radius 3 is 2.52 bits per heavy atom. The Morgan fingerprint density at radius 1 is 1.24 bits per heavy atom. The van der Waals surface area contributed by atoms with Gasteiger partial charge in [0.1, 0.15) is 0 Å². The van der Waals surface area contributed by atoms with Crippen molar-refractivity contribution in [2.45, 2.75) is 26.7 Å². The second kappa shape index (κ2) is 6.98. The molecule has 2 rings (SSSR count). The van der Waals surface area contributed by atoms with E-state index >= 15 is 0 Å². The molecule has 1 aliphatic rings. The highest BCUT2D eigenvalue weighted by Crippen LogP contribution is 2.21. The van der Waals surface area contributed by atoms with Gasteiger partial charge in [0, 0.05) is 37.8 Å². The summed E-state index contributed by atoms with van der Waals surface area (Å²) in [6.07, 6.45) is 1.59. The lowest BCUT2D eigenvalue weighted by Crippen LogP contribution is -2.40. The average molecular weight is 296 g/mol. The minimum atomic E-state index is -0.952. The van der Waals surface area contributed by atoms with Gasteiger partial charge in [-0.05, 0) is 30.4 Å². The molecule has 2 atom stereocenters. The van der Waals surface area contributed by atoms with Crippen molar-refractivity contribution in [1.29, 1.82) is 0 Å². The molecule has 1 aromatic rings. The highest BCUT2D eigenvalue weighted by atomic mass is 19.2. The van der Waals surface area contributed by atoms with E-state index in [1.807, 2.05) is 0 Å². The van der Waals surface area contributed by atoms with Crippen molar-refractivity contribution in [3.8, 4) is 0 Å². The fourth-order valence-electron chi connectivity index (χ4n) is 3.03. The molecule has 3 nitrogen and oxygen atoms in total. The summed E-state index contributed by atoms with van der Waals surface area (Å²) in [7, 11) is 0. The quantitative estimate of drug-likeness (QED) is 0.925. The summed E-state index contributed by atoms with van der Waals surface area (Å²) in [5, 5.41) is 2.60. The van der Waals surface area contributed by atoms with Gasteiger partial charge >= 0.3 is 0 Å². The number of nitrogens with one attached hydrogen (secondary N) is 1. The molecule has 0 radical (unpaired) electrons. The Kier molecular flexibility index (Phi) is 5.28. The topological polar surface area (TPSA) is 32.3 Å². The maximum absolute atomic E-state index is 13.1. The van der Waals surface area contributed by atoms with E-state index in [1.54, 1.807) is 0 Å². The number of halogens is 2. The van der Waals surface area contributed by atoms with Crippen LogP contribution in [0.2, 0.25) is 0 Å². The maximum Gasteiger partial charge on any atom is 0.225 e. The molecule has 1 heterocycles. The molecular weight excluding hydrogens is 274 g/mol. The van der Waals surface area contributed by atoms with Crippen LogP contribution in [0.25, 0.3) is 0 Å². The predicted molar refractivity (Wildman–Crippen MR) is 79.0 cm³/mol. The number of benzene rings is 1. The van der Waals surface area contributed by atoms with Crippen LogP contribution in [0.5, 0.6) is 0 Å². The zero-order chi connectivity index (χ0) is 15.4. The Morgan fingerprint density at radius 2 is 1.90 bits per heavy atom. The lowest BCUT2D eigenvalue weighted by molar-refractivity contribution is -0.116. The molecule has 1 N–H and O–H groups in total. The zero-order valence-electron chi connectivity index (χ0n) is 12.5. The molecule has 0 unspecified atom stereocenters. The van der Waals surface area contributed by atoms with E-state index in [4.69, 9.17) is 0 Å². The van der Waals surface area contributed by atoms with Crippen LogP contribution in [-0.2, 0) is 4.79 Å². The molecule has 1 fully saturated rings. The van der Waals surface area contributed by atoms with Crippen molar-refractivity contribution in [2.75, 3.05) is 25.0 Å². The number of hydrogen-bond donors (Lipinski definition) is 1. The summed E-state index contributed by atoms with van der Waals surface area (Å²) in [5.41, 5.74) is 0.291.